The first kappa shape index (κ1) is 18.8. The molecule has 4 heterocycles. The lowest BCUT2D eigenvalue weighted by molar-refractivity contribution is -0.117. The lowest BCUT2D eigenvalue weighted by Crippen LogP contribution is -2.44. The Morgan fingerprint density at radius 2 is 2.03 bits per heavy atom. The first-order chi connectivity index (χ1) is 14.1. The summed E-state index contributed by atoms with van der Waals surface area (Å²) in [5.74, 6) is -0.0322. The Morgan fingerprint density at radius 1 is 1.24 bits per heavy atom. The smallest absolute Gasteiger partial charge is 0.261 e. The molecule has 0 aliphatic carbocycles. The second-order valence-corrected chi connectivity index (χ2v) is 9.07. The lowest BCUT2D eigenvalue weighted by atomic mass is 9.86. The van der Waals surface area contributed by atoms with E-state index in [0.717, 1.165) is 42.9 Å². The quantitative estimate of drug-likeness (QED) is 0.814. The number of rotatable bonds is 3. The summed E-state index contributed by atoms with van der Waals surface area (Å²) < 4.78 is 6.22. The van der Waals surface area contributed by atoms with Crippen molar-refractivity contribution in [1.82, 2.24) is 10.6 Å². The summed E-state index contributed by atoms with van der Waals surface area (Å²) in [5, 5.41) is 6.48. The van der Waals surface area contributed by atoms with E-state index >= 15 is 0 Å². The second kappa shape index (κ2) is 7.55. The number of benzene rings is 1. The molecule has 1 aromatic carbocycles. The molecule has 1 aromatic heterocycles. The van der Waals surface area contributed by atoms with Crippen LogP contribution >= 0.6 is 11.3 Å². The first-order valence-corrected chi connectivity index (χ1v) is 11.1. The molecule has 29 heavy (non-hydrogen) atoms. The number of anilines is 1. The highest BCUT2D eigenvalue weighted by atomic mass is 32.1. The molecule has 0 saturated carbocycles. The Hall–Kier alpha value is -2.22. The monoisotopic (exact) mass is 411 g/mol. The van der Waals surface area contributed by atoms with Crippen LogP contribution in [-0.2, 0) is 21.6 Å². The van der Waals surface area contributed by atoms with Gasteiger partial charge in [0.1, 0.15) is 5.60 Å². The lowest BCUT2D eigenvalue weighted by Gasteiger charge is -2.40. The van der Waals surface area contributed by atoms with Gasteiger partial charge in [0, 0.05) is 23.5 Å². The highest BCUT2D eigenvalue weighted by Crippen LogP contribution is 2.44. The van der Waals surface area contributed by atoms with Crippen molar-refractivity contribution in [2.24, 2.45) is 0 Å². The minimum atomic E-state index is -0.227. The number of nitrogens with zero attached hydrogens (tertiary/aromatic N) is 1. The molecule has 2 aromatic rings. The van der Waals surface area contributed by atoms with Crippen molar-refractivity contribution in [2.45, 2.75) is 37.3 Å². The zero-order chi connectivity index (χ0) is 19.8. The van der Waals surface area contributed by atoms with Crippen molar-refractivity contribution in [1.29, 1.82) is 0 Å². The molecule has 1 spiro atoms. The van der Waals surface area contributed by atoms with Gasteiger partial charge in [-0.1, -0.05) is 18.2 Å². The summed E-state index contributed by atoms with van der Waals surface area (Å²) in [4.78, 5) is 29.1. The normalized spacial score (nSPS) is 23.2. The molecule has 7 heteroatoms. The van der Waals surface area contributed by atoms with E-state index in [2.05, 4.69) is 10.6 Å². The van der Waals surface area contributed by atoms with Gasteiger partial charge in [-0.2, -0.15) is 0 Å². The van der Waals surface area contributed by atoms with E-state index in [0.29, 0.717) is 19.6 Å². The largest absolute Gasteiger partial charge is 0.369 e. The Kier molecular flexibility index (Phi) is 4.89. The highest BCUT2D eigenvalue weighted by molar-refractivity contribution is 7.14. The number of fused-ring (bicyclic) bond motifs is 2. The standard InChI is InChI=1S/C22H25N3O3S/c26-19-13-16(14-25(19)17-4-2-1-3-5-17)24-21(27)18-12-15-6-11-28-22(20(15)29-18)7-9-23-10-8-22/h1-5,12,16,23H,6-11,13-14H2,(H,24,27). The summed E-state index contributed by atoms with van der Waals surface area (Å²) in [7, 11) is 0. The average Bonchev–Trinajstić information content (AvgIpc) is 3.34. The van der Waals surface area contributed by atoms with Gasteiger partial charge in [-0.25, -0.2) is 0 Å². The third-order valence-corrected chi connectivity index (χ3v) is 7.50. The van der Waals surface area contributed by atoms with Crippen molar-refractivity contribution < 1.29 is 14.3 Å². The van der Waals surface area contributed by atoms with E-state index in [1.54, 1.807) is 16.2 Å². The van der Waals surface area contributed by atoms with Crippen LogP contribution in [0.2, 0.25) is 0 Å². The number of para-hydroxylation sites is 1. The third-order valence-electron chi connectivity index (χ3n) is 6.14. The molecule has 2 saturated heterocycles. The van der Waals surface area contributed by atoms with Gasteiger partial charge in [0.2, 0.25) is 5.91 Å². The van der Waals surface area contributed by atoms with Gasteiger partial charge in [-0.3, -0.25) is 9.59 Å². The molecular weight excluding hydrogens is 386 g/mol. The predicted molar refractivity (Wildman–Crippen MR) is 112 cm³/mol. The third kappa shape index (κ3) is 3.47. The van der Waals surface area contributed by atoms with Crippen LogP contribution in [0.15, 0.2) is 36.4 Å². The van der Waals surface area contributed by atoms with Gasteiger partial charge in [0.25, 0.3) is 5.91 Å². The fourth-order valence-electron chi connectivity index (χ4n) is 4.65. The zero-order valence-electron chi connectivity index (χ0n) is 16.3. The number of nitrogens with one attached hydrogen (secondary N) is 2. The van der Waals surface area contributed by atoms with Gasteiger partial charge >= 0.3 is 0 Å². The molecule has 2 amide bonds. The van der Waals surface area contributed by atoms with Gasteiger partial charge in [-0.05, 0) is 56.1 Å². The number of carbonyl (C=O) groups excluding carboxylic acids is 2. The fourth-order valence-corrected chi connectivity index (χ4v) is 5.97. The van der Waals surface area contributed by atoms with Crippen LogP contribution in [0, 0.1) is 0 Å². The summed E-state index contributed by atoms with van der Waals surface area (Å²) in [6.45, 7) is 3.11. The second-order valence-electron chi connectivity index (χ2n) is 8.02. The topological polar surface area (TPSA) is 70.7 Å². The van der Waals surface area contributed by atoms with Gasteiger partial charge in [0.15, 0.2) is 0 Å². The Balaban J connectivity index is 1.30. The van der Waals surface area contributed by atoms with Gasteiger partial charge in [-0.15, -0.1) is 11.3 Å². The Bertz CT molecular complexity index is 921. The van der Waals surface area contributed by atoms with E-state index in [9.17, 15) is 9.59 Å². The first-order valence-electron chi connectivity index (χ1n) is 10.3. The molecule has 6 nitrogen and oxygen atoms in total. The molecule has 0 bridgehead atoms. The van der Waals surface area contributed by atoms with Crippen molar-refractivity contribution >= 4 is 28.8 Å². The molecule has 5 rings (SSSR count). The summed E-state index contributed by atoms with van der Waals surface area (Å²) in [6, 6.07) is 11.5. The molecule has 152 valence electrons. The van der Waals surface area contributed by atoms with Crippen LogP contribution in [0.3, 0.4) is 0 Å². The molecular formula is C22H25N3O3S. The van der Waals surface area contributed by atoms with E-state index in [4.69, 9.17) is 4.74 Å². The number of hydrogen-bond acceptors (Lipinski definition) is 5. The number of ether oxygens (including phenoxy) is 1. The molecule has 2 N–H and O–H groups in total. The molecule has 3 aliphatic heterocycles. The van der Waals surface area contributed by atoms with Crippen molar-refractivity contribution in [3.63, 3.8) is 0 Å². The Morgan fingerprint density at radius 3 is 2.83 bits per heavy atom. The van der Waals surface area contributed by atoms with Crippen LogP contribution in [0.25, 0.3) is 0 Å². The minimum Gasteiger partial charge on any atom is -0.369 e. The maximum atomic E-state index is 13.0. The van der Waals surface area contributed by atoms with Gasteiger partial charge in [0.05, 0.1) is 17.5 Å². The van der Waals surface area contributed by atoms with Gasteiger partial charge < -0.3 is 20.3 Å². The minimum absolute atomic E-state index is 0.0500. The molecule has 1 unspecified atom stereocenters. The number of amides is 2. The predicted octanol–water partition coefficient (Wildman–Crippen LogP) is 2.43. The van der Waals surface area contributed by atoms with Crippen LogP contribution in [-0.4, -0.2) is 44.1 Å². The Labute approximate surface area is 174 Å². The van der Waals surface area contributed by atoms with E-state index in [1.165, 1.54) is 10.4 Å². The maximum Gasteiger partial charge on any atom is 0.261 e. The summed E-state index contributed by atoms with van der Waals surface area (Å²) in [5.41, 5.74) is 1.91. The average molecular weight is 412 g/mol. The van der Waals surface area contributed by atoms with Crippen LogP contribution in [0.1, 0.15) is 39.4 Å². The van der Waals surface area contributed by atoms with Crippen LogP contribution < -0.4 is 15.5 Å². The van der Waals surface area contributed by atoms with Crippen LogP contribution in [0.5, 0.6) is 0 Å². The summed E-state index contributed by atoms with van der Waals surface area (Å²) >= 11 is 1.57. The highest BCUT2D eigenvalue weighted by Gasteiger charge is 2.41. The SMILES string of the molecule is O=C(NC1CC(=O)N(c2ccccc2)C1)c1cc2c(s1)C1(CCNCC1)OCC2. The summed E-state index contributed by atoms with van der Waals surface area (Å²) in [6.07, 6.45) is 3.10. The van der Waals surface area contributed by atoms with E-state index in [-0.39, 0.29) is 23.5 Å². The fraction of sp³-hybridized carbons (Fsp3) is 0.455. The maximum absolute atomic E-state index is 13.0. The number of carbonyl (C=O) groups is 2. The molecule has 1 atom stereocenters. The zero-order valence-corrected chi connectivity index (χ0v) is 17.1. The number of piperidine rings is 1. The molecule has 0 radical (unpaired) electrons. The van der Waals surface area contributed by atoms with Crippen molar-refractivity contribution in [3.05, 3.63) is 51.7 Å². The van der Waals surface area contributed by atoms with E-state index < -0.39 is 0 Å². The number of hydrogen-bond donors (Lipinski definition) is 2. The van der Waals surface area contributed by atoms with E-state index in [1.807, 2.05) is 36.4 Å². The van der Waals surface area contributed by atoms with Crippen molar-refractivity contribution in [2.75, 3.05) is 31.1 Å². The molecule has 3 aliphatic rings. The number of thiophene rings is 1. The van der Waals surface area contributed by atoms with Crippen molar-refractivity contribution in [3.8, 4) is 0 Å². The molecule has 2 fully saturated rings. The van der Waals surface area contributed by atoms with Crippen LogP contribution in [0.4, 0.5) is 5.69 Å².